The molecule has 3 aromatic rings. The summed E-state index contributed by atoms with van der Waals surface area (Å²) in [6, 6.07) is 19.4. The standard InChI is InChI=1S/C21H20N2O2/c1-13(2)25-20-11-18-16(10-19(20)21(23)24)4-3-5-17(18)15-8-6-14(12-22)7-9-15/h3-11,13,21,24H,23H2,1-2H3. The van der Waals surface area contributed by atoms with Crippen molar-refractivity contribution in [3.8, 4) is 22.9 Å². The zero-order valence-corrected chi connectivity index (χ0v) is 14.2. The lowest BCUT2D eigenvalue weighted by Crippen LogP contribution is -2.14. The highest BCUT2D eigenvalue weighted by atomic mass is 16.5. The summed E-state index contributed by atoms with van der Waals surface area (Å²) in [5.41, 5.74) is 8.95. The van der Waals surface area contributed by atoms with Gasteiger partial charge < -0.3 is 15.6 Å². The zero-order valence-electron chi connectivity index (χ0n) is 14.2. The molecule has 3 aromatic carbocycles. The van der Waals surface area contributed by atoms with Gasteiger partial charge in [0.1, 0.15) is 12.0 Å². The van der Waals surface area contributed by atoms with Crippen molar-refractivity contribution in [2.24, 2.45) is 5.73 Å². The maximum Gasteiger partial charge on any atom is 0.132 e. The molecule has 0 aliphatic heterocycles. The number of aliphatic hydroxyl groups excluding tert-OH is 1. The fraction of sp³-hybridized carbons (Fsp3) is 0.190. The number of nitrogens with zero attached hydrogens (tertiary/aromatic N) is 1. The van der Waals surface area contributed by atoms with Crippen molar-refractivity contribution < 1.29 is 9.84 Å². The first-order chi connectivity index (χ1) is 12.0. The molecule has 126 valence electrons. The fourth-order valence-electron chi connectivity index (χ4n) is 2.89. The van der Waals surface area contributed by atoms with E-state index < -0.39 is 6.23 Å². The summed E-state index contributed by atoms with van der Waals surface area (Å²) in [6.07, 6.45) is -1.13. The van der Waals surface area contributed by atoms with Crippen LogP contribution in [0.2, 0.25) is 0 Å². The van der Waals surface area contributed by atoms with Gasteiger partial charge in [0.15, 0.2) is 0 Å². The smallest absolute Gasteiger partial charge is 0.132 e. The maximum absolute atomic E-state index is 9.89. The minimum absolute atomic E-state index is 0.0305. The molecule has 0 heterocycles. The lowest BCUT2D eigenvalue weighted by Gasteiger charge is -2.18. The van der Waals surface area contributed by atoms with Crippen LogP contribution in [-0.2, 0) is 0 Å². The number of rotatable bonds is 4. The van der Waals surface area contributed by atoms with Gasteiger partial charge in [-0.1, -0.05) is 30.3 Å². The van der Waals surface area contributed by atoms with Crippen molar-refractivity contribution in [2.45, 2.75) is 26.2 Å². The van der Waals surface area contributed by atoms with Crippen LogP contribution in [0.5, 0.6) is 5.75 Å². The highest BCUT2D eigenvalue weighted by Crippen LogP contribution is 2.35. The number of hydrogen-bond acceptors (Lipinski definition) is 4. The number of fused-ring (bicyclic) bond motifs is 1. The average Bonchev–Trinajstić information content (AvgIpc) is 2.60. The molecule has 0 fully saturated rings. The van der Waals surface area contributed by atoms with Gasteiger partial charge in [0.25, 0.3) is 0 Å². The van der Waals surface area contributed by atoms with Crippen LogP contribution in [0.4, 0.5) is 0 Å². The fourth-order valence-corrected chi connectivity index (χ4v) is 2.89. The highest BCUT2D eigenvalue weighted by Gasteiger charge is 2.15. The molecule has 0 spiro atoms. The van der Waals surface area contributed by atoms with E-state index in [9.17, 15) is 5.11 Å². The lowest BCUT2D eigenvalue weighted by molar-refractivity contribution is 0.172. The minimum Gasteiger partial charge on any atom is -0.491 e. The van der Waals surface area contributed by atoms with Gasteiger partial charge in [-0.15, -0.1) is 0 Å². The van der Waals surface area contributed by atoms with Gasteiger partial charge in [0.05, 0.1) is 17.7 Å². The molecule has 1 unspecified atom stereocenters. The lowest BCUT2D eigenvalue weighted by atomic mass is 9.95. The van der Waals surface area contributed by atoms with Crippen LogP contribution in [0.3, 0.4) is 0 Å². The van der Waals surface area contributed by atoms with E-state index in [0.717, 1.165) is 21.9 Å². The number of hydrogen-bond donors (Lipinski definition) is 2. The topological polar surface area (TPSA) is 79.3 Å². The first-order valence-electron chi connectivity index (χ1n) is 8.17. The SMILES string of the molecule is CC(C)Oc1cc2c(-c3ccc(C#N)cc3)cccc2cc1C(N)O. The first-order valence-corrected chi connectivity index (χ1v) is 8.17. The van der Waals surface area contributed by atoms with E-state index in [1.165, 1.54) is 0 Å². The summed E-state index contributed by atoms with van der Waals surface area (Å²) in [6.45, 7) is 3.87. The van der Waals surface area contributed by atoms with Crippen LogP contribution in [-0.4, -0.2) is 11.2 Å². The quantitative estimate of drug-likeness (QED) is 0.705. The van der Waals surface area contributed by atoms with Gasteiger partial charge in [0, 0.05) is 5.56 Å². The molecule has 0 saturated heterocycles. The summed E-state index contributed by atoms with van der Waals surface area (Å²) >= 11 is 0. The third kappa shape index (κ3) is 3.48. The minimum atomic E-state index is -1.10. The Labute approximate surface area is 147 Å². The van der Waals surface area contributed by atoms with E-state index in [0.29, 0.717) is 16.9 Å². The zero-order chi connectivity index (χ0) is 18.0. The second kappa shape index (κ2) is 6.94. The van der Waals surface area contributed by atoms with Crippen LogP contribution < -0.4 is 10.5 Å². The van der Waals surface area contributed by atoms with E-state index in [1.807, 2.05) is 56.3 Å². The highest BCUT2D eigenvalue weighted by molar-refractivity contribution is 5.98. The van der Waals surface area contributed by atoms with E-state index in [4.69, 9.17) is 15.7 Å². The molecule has 0 saturated carbocycles. The van der Waals surface area contributed by atoms with Crippen molar-refractivity contribution in [3.63, 3.8) is 0 Å². The molecule has 0 aromatic heterocycles. The number of ether oxygens (including phenoxy) is 1. The second-order valence-corrected chi connectivity index (χ2v) is 6.22. The molecular weight excluding hydrogens is 312 g/mol. The Morgan fingerprint density at radius 1 is 1.08 bits per heavy atom. The van der Waals surface area contributed by atoms with Crippen molar-refractivity contribution in [1.82, 2.24) is 0 Å². The van der Waals surface area contributed by atoms with Crippen LogP contribution in [0.15, 0.2) is 54.6 Å². The Morgan fingerprint density at radius 2 is 1.80 bits per heavy atom. The molecule has 0 radical (unpaired) electrons. The second-order valence-electron chi connectivity index (χ2n) is 6.22. The first kappa shape index (κ1) is 17.0. The molecule has 0 amide bonds. The molecule has 3 rings (SSSR count). The predicted molar refractivity (Wildman–Crippen MR) is 99.0 cm³/mol. The Morgan fingerprint density at radius 3 is 2.40 bits per heavy atom. The van der Waals surface area contributed by atoms with Crippen molar-refractivity contribution in [3.05, 3.63) is 65.7 Å². The number of benzene rings is 3. The van der Waals surface area contributed by atoms with Gasteiger partial charge in [-0.05, 0) is 60.0 Å². The van der Waals surface area contributed by atoms with Crippen molar-refractivity contribution in [1.29, 1.82) is 5.26 Å². The predicted octanol–water partition coefficient (Wildman–Crippen LogP) is 4.12. The Bertz CT molecular complexity index is 939. The molecule has 1 atom stereocenters. The maximum atomic E-state index is 9.89. The summed E-state index contributed by atoms with van der Waals surface area (Å²) in [4.78, 5) is 0. The molecule has 25 heavy (non-hydrogen) atoms. The number of nitriles is 1. The van der Waals surface area contributed by atoms with E-state index in [2.05, 4.69) is 6.07 Å². The van der Waals surface area contributed by atoms with Gasteiger partial charge in [-0.3, -0.25) is 0 Å². The molecule has 0 aliphatic carbocycles. The van der Waals surface area contributed by atoms with Crippen LogP contribution >= 0.6 is 0 Å². The van der Waals surface area contributed by atoms with Gasteiger partial charge in [-0.25, -0.2) is 0 Å². The summed E-state index contributed by atoms with van der Waals surface area (Å²) in [5.74, 6) is 0.582. The number of nitrogens with two attached hydrogens (primary N) is 1. The van der Waals surface area contributed by atoms with Gasteiger partial charge in [-0.2, -0.15) is 5.26 Å². The molecule has 0 bridgehead atoms. The summed E-state index contributed by atoms with van der Waals surface area (Å²) < 4.78 is 5.86. The third-order valence-corrected chi connectivity index (χ3v) is 4.02. The van der Waals surface area contributed by atoms with Gasteiger partial charge in [0.2, 0.25) is 0 Å². The average molecular weight is 332 g/mol. The number of aliphatic hydroxyl groups is 1. The van der Waals surface area contributed by atoms with Crippen LogP contribution in [0.25, 0.3) is 21.9 Å². The third-order valence-electron chi connectivity index (χ3n) is 4.02. The van der Waals surface area contributed by atoms with E-state index >= 15 is 0 Å². The molecule has 3 N–H and O–H groups in total. The van der Waals surface area contributed by atoms with E-state index in [-0.39, 0.29) is 6.10 Å². The monoisotopic (exact) mass is 332 g/mol. The molecule has 0 aliphatic rings. The van der Waals surface area contributed by atoms with Crippen LogP contribution in [0.1, 0.15) is 31.2 Å². The summed E-state index contributed by atoms with van der Waals surface area (Å²) in [5, 5.41) is 20.8. The van der Waals surface area contributed by atoms with E-state index in [1.54, 1.807) is 12.1 Å². The largest absolute Gasteiger partial charge is 0.491 e. The molecular formula is C21H20N2O2. The normalized spacial score (nSPS) is 12.2. The Hall–Kier alpha value is -2.87. The summed E-state index contributed by atoms with van der Waals surface area (Å²) in [7, 11) is 0. The Kier molecular flexibility index (Phi) is 4.71. The van der Waals surface area contributed by atoms with Crippen LogP contribution in [0, 0.1) is 11.3 Å². The van der Waals surface area contributed by atoms with Gasteiger partial charge >= 0.3 is 0 Å². The van der Waals surface area contributed by atoms with Crippen molar-refractivity contribution in [2.75, 3.05) is 0 Å². The molecule has 4 nitrogen and oxygen atoms in total. The Balaban J connectivity index is 2.21. The molecule has 4 heteroatoms. The van der Waals surface area contributed by atoms with Crippen molar-refractivity contribution >= 4 is 10.8 Å².